The molecule has 1 aromatic rings. The highest BCUT2D eigenvalue weighted by atomic mass is 35.5. The number of nitrogens with zero attached hydrogens (tertiary/aromatic N) is 1. The highest BCUT2D eigenvalue weighted by Crippen LogP contribution is 2.18. The molecule has 1 atom stereocenters. The number of nitrogens with two attached hydrogens (primary N) is 1. The molecule has 1 fully saturated rings. The molecule has 4 nitrogen and oxygen atoms in total. The monoisotopic (exact) mass is 375 g/mol. The van der Waals surface area contributed by atoms with Crippen LogP contribution in [0.1, 0.15) is 49.8 Å². The van der Waals surface area contributed by atoms with E-state index in [-0.39, 0.29) is 42.7 Å². The number of piperidine rings is 1. The van der Waals surface area contributed by atoms with Gasteiger partial charge in [0.2, 0.25) is 5.91 Å². The molecule has 138 valence electrons. The molecule has 1 saturated heterocycles. The molecule has 0 bridgehead atoms. The molecule has 0 spiro atoms. The van der Waals surface area contributed by atoms with E-state index in [0.29, 0.717) is 12.5 Å². The third kappa shape index (κ3) is 6.60. The number of likely N-dealkylation sites (tertiary alicyclic amines) is 1. The number of hydrogen-bond acceptors (Lipinski definition) is 3. The second kappa shape index (κ2) is 10.9. The number of hydrogen-bond donors (Lipinski definition) is 2. The van der Waals surface area contributed by atoms with Crippen LogP contribution >= 0.6 is 24.8 Å². The van der Waals surface area contributed by atoms with Crippen molar-refractivity contribution in [1.29, 1.82) is 0 Å². The summed E-state index contributed by atoms with van der Waals surface area (Å²) in [5.74, 6) is 0.823. The topological polar surface area (TPSA) is 58.4 Å². The maximum Gasteiger partial charge on any atom is 0.223 e. The zero-order valence-electron chi connectivity index (χ0n) is 14.8. The van der Waals surface area contributed by atoms with Gasteiger partial charge in [-0.25, -0.2) is 0 Å². The summed E-state index contributed by atoms with van der Waals surface area (Å²) in [7, 11) is 2.10. The molecule has 1 aliphatic heterocycles. The van der Waals surface area contributed by atoms with Crippen LogP contribution in [0.4, 0.5) is 0 Å². The van der Waals surface area contributed by atoms with E-state index in [1.807, 2.05) is 0 Å². The van der Waals surface area contributed by atoms with Gasteiger partial charge in [-0.1, -0.05) is 38.1 Å². The zero-order valence-corrected chi connectivity index (χ0v) is 16.5. The molecular weight excluding hydrogens is 345 g/mol. The van der Waals surface area contributed by atoms with Crippen LogP contribution < -0.4 is 11.1 Å². The van der Waals surface area contributed by atoms with Crippen molar-refractivity contribution in [3.63, 3.8) is 0 Å². The fourth-order valence-corrected chi connectivity index (χ4v) is 2.87. The van der Waals surface area contributed by atoms with Crippen LogP contribution in [0.25, 0.3) is 0 Å². The summed E-state index contributed by atoms with van der Waals surface area (Å²) < 4.78 is 0. The van der Waals surface area contributed by atoms with E-state index in [2.05, 4.69) is 55.4 Å². The lowest BCUT2D eigenvalue weighted by Gasteiger charge is -2.28. The molecule has 2 rings (SSSR count). The van der Waals surface area contributed by atoms with Gasteiger partial charge in [-0.3, -0.25) is 4.79 Å². The van der Waals surface area contributed by atoms with E-state index in [4.69, 9.17) is 5.73 Å². The minimum Gasteiger partial charge on any atom is -0.354 e. The molecule has 1 heterocycles. The Morgan fingerprint density at radius 2 is 1.67 bits per heavy atom. The van der Waals surface area contributed by atoms with Gasteiger partial charge in [0.15, 0.2) is 0 Å². The summed E-state index contributed by atoms with van der Waals surface area (Å²) in [4.78, 5) is 14.5. The number of carbonyl (C=O) groups is 1. The summed E-state index contributed by atoms with van der Waals surface area (Å²) in [6, 6.07) is 8.25. The van der Waals surface area contributed by atoms with Crippen LogP contribution in [0, 0.1) is 5.92 Å². The lowest BCUT2D eigenvalue weighted by molar-refractivity contribution is -0.126. The average Bonchev–Trinajstić information content (AvgIpc) is 2.53. The van der Waals surface area contributed by atoms with Crippen LogP contribution in [-0.4, -0.2) is 37.5 Å². The normalized spacial score (nSPS) is 16.9. The third-order valence-corrected chi connectivity index (χ3v) is 4.62. The smallest absolute Gasteiger partial charge is 0.223 e. The van der Waals surface area contributed by atoms with Gasteiger partial charge in [0.05, 0.1) is 0 Å². The second-order valence-corrected chi connectivity index (χ2v) is 6.75. The van der Waals surface area contributed by atoms with E-state index in [9.17, 15) is 4.79 Å². The molecule has 0 saturated carbocycles. The highest BCUT2D eigenvalue weighted by Gasteiger charge is 2.23. The van der Waals surface area contributed by atoms with Gasteiger partial charge in [-0.15, -0.1) is 24.8 Å². The number of benzene rings is 1. The molecule has 0 radical (unpaired) electrons. The summed E-state index contributed by atoms with van der Waals surface area (Å²) in [5, 5.41) is 3.02. The van der Waals surface area contributed by atoms with Crippen LogP contribution in [0.5, 0.6) is 0 Å². The maximum atomic E-state index is 12.2. The van der Waals surface area contributed by atoms with Crippen LogP contribution in [0.2, 0.25) is 0 Å². The van der Waals surface area contributed by atoms with E-state index in [1.54, 1.807) is 0 Å². The molecule has 1 aliphatic rings. The molecule has 24 heavy (non-hydrogen) atoms. The van der Waals surface area contributed by atoms with Gasteiger partial charge in [0, 0.05) is 18.5 Å². The Kier molecular flexibility index (Phi) is 10.6. The minimum absolute atomic E-state index is 0. The first-order chi connectivity index (χ1) is 10.5. The van der Waals surface area contributed by atoms with Crippen molar-refractivity contribution in [2.24, 2.45) is 11.7 Å². The predicted octanol–water partition coefficient (Wildman–Crippen LogP) is 3.11. The number of amides is 1. The fraction of sp³-hybridized carbons (Fsp3) is 0.611. The van der Waals surface area contributed by atoms with E-state index >= 15 is 0 Å². The summed E-state index contributed by atoms with van der Waals surface area (Å²) >= 11 is 0. The molecule has 0 aromatic heterocycles. The Labute approximate surface area is 158 Å². The molecule has 6 heteroatoms. The zero-order chi connectivity index (χ0) is 16.1. The van der Waals surface area contributed by atoms with Crippen molar-refractivity contribution in [3.05, 3.63) is 35.4 Å². The average molecular weight is 376 g/mol. The molecule has 3 N–H and O–H groups in total. The van der Waals surface area contributed by atoms with Crippen LogP contribution in [0.3, 0.4) is 0 Å². The SMILES string of the molecule is CC(C)c1ccc(C(N)CNC(=O)C2CCN(C)CC2)cc1.Cl.Cl. The minimum atomic E-state index is -0.142. The van der Waals surface area contributed by atoms with Crippen molar-refractivity contribution in [3.8, 4) is 0 Å². The molecule has 1 aromatic carbocycles. The number of halogens is 2. The van der Waals surface area contributed by atoms with E-state index in [0.717, 1.165) is 31.5 Å². The number of rotatable bonds is 5. The van der Waals surface area contributed by atoms with Gasteiger partial charge in [0.1, 0.15) is 0 Å². The Morgan fingerprint density at radius 1 is 1.17 bits per heavy atom. The van der Waals surface area contributed by atoms with Crippen molar-refractivity contribution < 1.29 is 4.79 Å². The predicted molar refractivity (Wildman–Crippen MR) is 105 cm³/mol. The molecule has 1 unspecified atom stereocenters. The molecule has 1 amide bonds. The van der Waals surface area contributed by atoms with Crippen molar-refractivity contribution >= 4 is 30.7 Å². The lowest BCUT2D eigenvalue weighted by atomic mass is 9.96. The first kappa shape index (κ1) is 23.2. The molecule has 0 aliphatic carbocycles. The van der Waals surface area contributed by atoms with Gasteiger partial charge in [-0.05, 0) is 50.0 Å². The highest BCUT2D eigenvalue weighted by molar-refractivity contribution is 5.85. The number of carbonyl (C=O) groups excluding carboxylic acids is 1. The Morgan fingerprint density at radius 3 is 2.17 bits per heavy atom. The van der Waals surface area contributed by atoms with Crippen LogP contribution in [-0.2, 0) is 4.79 Å². The molecular formula is C18H31Cl2N3O. The fourth-order valence-electron chi connectivity index (χ4n) is 2.87. The Bertz CT molecular complexity index is 486. The Balaban J connectivity index is 0.00000264. The first-order valence-corrected chi connectivity index (χ1v) is 8.29. The maximum absolute atomic E-state index is 12.2. The van der Waals surface area contributed by atoms with E-state index < -0.39 is 0 Å². The van der Waals surface area contributed by atoms with Crippen molar-refractivity contribution in [2.45, 2.75) is 38.6 Å². The Hall–Kier alpha value is -0.810. The van der Waals surface area contributed by atoms with Gasteiger partial charge in [-0.2, -0.15) is 0 Å². The van der Waals surface area contributed by atoms with E-state index in [1.165, 1.54) is 5.56 Å². The van der Waals surface area contributed by atoms with Crippen LogP contribution in [0.15, 0.2) is 24.3 Å². The van der Waals surface area contributed by atoms with Crippen molar-refractivity contribution in [1.82, 2.24) is 10.2 Å². The lowest BCUT2D eigenvalue weighted by Crippen LogP contribution is -2.41. The standard InChI is InChI=1S/C18H29N3O.2ClH/c1-13(2)14-4-6-15(7-5-14)17(19)12-20-18(22)16-8-10-21(3)11-9-16;;/h4-7,13,16-17H,8-12,19H2,1-3H3,(H,20,22);2*1H. The quantitative estimate of drug-likeness (QED) is 0.830. The number of nitrogens with one attached hydrogen (secondary N) is 1. The van der Waals surface area contributed by atoms with Gasteiger partial charge in [0.25, 0.3) is 0 Å². The first-order valence-electron chi connectivity index (χ1n) is 8.29. The summed E-state index contributed by atoms with van der Waals surface area (Å²) in [5.41, 5.74) is 8.59. The van der Waals surface area contributed by atoms with Gasteiger partial charge >= 0.3 is 0 Å². The van der Waals surface area contributed by atoms with Crippen molar-refractivity contribution in [2.75, 3.05) is 26.7 Å². The second-order valence-electron chi connectivity index (χ2n) is 6.75. The summed E-state index contributed by atoms with van der Waals surface area (Å²) in [6.45, 7) is 6.86. The summed E-state index contributed by atoms with van der Waals surface area (Å²) in [6.07, 6.45) is 1.89. The third-order valence-electron chi connectivity index (χ3n) is 4.62. The largest absolute Gasteiger partial charge is 0.354 e. The van der Waals surface area contributed by atoms with Gasteiger partial charge < -0.3 is 16.0 Å².